The summed E-state index contributed by atoms with van der Waals surface area (Å²) in [5.41, 5.74) is 0.966. The molecule has 0 bridgehead atoms. The van der Waals surface area contributed by atoms with Gasteiger partial charge < -0.3 is 19.1 Å². The van der Waals surface area contributed by atoms with Crippen LogP contribution in [0.3, 0.4) is 0 Å². The number of aromatic nitrogens is 1. The number of ether oxygens (including phenoxy) is 1. The molecule has 0 radical (unpaired) electrons. The molecule has 132 valence electrons. The highest BCUT2D eigenvalue weighted by Crippen LogP contribution is 2.17. The fourth-order valence-corrected chi connectivity index (χ4v) is 2.62. The summed E-state index contributed by atoms with van der Waals surface area (Å²) in [6.07, 6.45) is 0. The van der Waals surface area contributed by atoms with E-state index in [1.165, 1.54) is 18.2 Å². The number of hydrogen-bond acceptors (Lipinski definition) is 6. The van der Waals surface area contributed by atoms with Crippen LogP contribution in [0.15, 0.2) is 34.9 Å². The first-order valence-corrected chi connectivity index (χ1v) is 7.91. The zero-order valence-electron chi connectivity index (χ0n) is 13.8. The molecule has 1 aliphatic heterocycles. The van der Waals surface area contributed by atoms with Crippen LogP contribution in [0.5, 0.6) is 0 Å². The van der Waals surface area contributed by atoms with Gasteiger partial charge in [0.2, 0.25) is 0 Å². The van der Waals surface area contributed by atoms with Gasteiger partial charge in [0, 0.05) is 37.9 Å². The Balaban J connectivity index is 1.46. The molecule has 0 unspecified atom stereocenters. The number of amides is 1. The van der Waals surface area contributed by atoms with Crippen molar-refractivity contribution in [2.24, 2.45) is 0 Å². The number of nitrogens with zero attached hydrogens (tertiary/aromatic N) is 3. The molecule has 7 nitrogen and oxygen atoms in total. The van der Waals surface area contributed by atoms with E-state index < -0.39 is 5.97 Å². The minimum absolute atomic E-state index is 0.0476. The predicted molar refractivity (Wildman–Crippen MR) is 86.7 cm³/mol. The van der Waals surface area contributed by atoms with Gasteiger partial charge in [0.25, 0.3) is 5.91 Å². The Labute approximate surface area is 143 Å². The van der Waals surface area contributed by atoms with Crippen molar-refractivity contribution < 1.29 is 23.2 Å². The summed E-state index contributed by atoms with van der Waals surface area (Å²) >= 11 is 0. The smallest absolute Gasteiger partial charge is 0.361 e. The first kappa shape index (κ1) is 16.9. The van der Waals surface area contributed by atoms with Crippen molar-refractivity contribution >= 4 is 17.6 Å². The van der Waals surface area contributed by atoms with Gasteiger partial charge in [-0.2, -0.15) is 0 Å². The molecule has 1 aliphatic rings. The SMILES string of the molecule is Cc1cc(C(=O)OCC(=O)N2CCN(c3ccc(F)cc3)CC2)no1. The largest absolute Gasteiger partial charge is 0.451 e. The summed E-state index contributed by atoms with van der Waals surface area (Å²) in [6, 6.07) is 7.72. The Morgan fingerprint density at radius 3 is 2.48 bits per heavy atom. The van der Waals surface area contributed by atoms with E-state index in [-0.39, 0.29) is 24.0 Å². The van der Waals surface area contributed by atoms with Crippen LogP contribution < -0.4 is 4.90 Å². The lowest BCUT2D eigenvalue weighted by molar-refractivity contribution is -0.134. The Hall–Kier alpha value is -2.90. The zero-order chi connectivity index (χ0) is 17.8. The zero-order valence-corrected chi connectivity index (χ0v) is 13.8. The molecule has 0 N–H and O–H groups in total. The molecule has 0 saturated carbocycles. The second kappa shape index (κ2) is 7.33. The molecule has 3 rings (SSSR count). The molecule has 1 aromatic heterocycles. The first-order chi connectivity index (χ1) is 12.0. The monoisotopic (exact) mass is 347 g/mol. The molecule has 25 heavy (non-hydrogen) atoms. The van der Waals surface area contributed by atoms with Crippen molar-refractivity contribution in [2.45, 2.75) is 6.92 Å². The number of piperazine rings is 1. The average molecular weight is 347 g/mol. The molecule has 1 aromatic carbocycles. The number of benzene rings is 1. The standard InChI is InChI=1S/C17H18FN3O4/c1-12-10-15(19-25-12)17(23)24-11-16(22)21-8-6-20(7-9-21)14-4-2-13(18)3-5-14/h2-5,10H,6-9,11H2,1H3. The average Bonchev–Trinajstić information content (AvgIpc) is 3.07. The highest BCUT2D eigenvalue weighted by molar-refractivity contribution is 5.89. The molecule has 0 spiro atoms. The number of anilines is 1. The quantitative estimate of drug-likeness (QED) is 0.783. The van der Waals surface area contributed by atoms with Crippen LogP contribution in [0.2, 0.25) is 0 Å². The number of halogens is 1. The van der Waals surface area contributed by atoms with Crippen LogP contribution in [0.25, 0.3) is 0 Å². The van der Waals surface area contributed by atoms with Gasteiger partial charge in [-0.25, -0.2) is 9.18 Å². The Bertz CT molecular complexity index is 752. The van der Waals surface area contributed by atoms with Crippen LogP contribution in [0, 0.1) is 12.7 Å². The second-order valence-electron chi connectivity index (χ2n) is 5.74. The fraction of sp³-hybridized carbons (Fsp3) is 0.353. The lowest BCUT2D eigenvalue weighted by Gasteiger charge is -2.36. The Kier molecular flexibility index (Phi) is 4.97. The maximum atomic E-state index is 13.0. The summed E-state index contributed by atoms with van der Waals surface area (Å²) in [5.74, 6) is -0.723. The third-order valence-electron chi connectivity index (χ3n) is 3.99. The van der Waals surface area contributed by atoms with Gasteiger partial charge >= 0.3 is 5.97 Å². The van der Waals surface area contributed by atoms with E-state index in [0.29, 0.717) is 31.9 Å². The van der Waals surface area contributed by atoms with Crippen molar-refractivity contribution in [1.82, 2.24) is 10.1 Å². The predicted octanol–water partition coefficient (Wildman–Crippen LogP) is 1.63. The van der Waals surface area contributed by atoms with E-state index >= 15 is 0 Å². The molecular weight excluding hydrogens is 329 g/mol. The van der Waals surface area contributed by atoms with E-state index in [2.05, 4.69) is 10.1 Å². The molecule has 8 heteroatoms. The summed E-state index contributed by atoms with van der Waals surface area (Å²) in [7, 11) is 0. The number of aryl methyl sites for hydroxylation is 1. The molecule has 2 aromatic rings. The van der Waals surface area contributed by atoms with Gasteiger partial charge in [0.1, 0.15) is 11.6 Å². The molecule has 0 atom stereocenters. The van der Waals surface area contributed by atoms with Crippen LogP contribution in [0.4, 0.5) is 10.1 Å². The van der Waals surface area contributed by atoms with Crippen molar-refractivity contribution in [2.75, 3.05) is 37.7 Å². The molecular formula is C17H18FN3O4. The molecule has 1 saturated heterocycles. The van der Waals surface area contributed by atoms with Gasteiger partial charge in [0.15, 0.2) is 12.3 Å². The Morgan fingerprint density at radius 2 is 1.88 bits per heavy atom. The lowest BCUT2D eigenvalue weighted by atomic mass is 10.2. The molecule has 2 heterocycles. The molecule has 0 aliphatic carbocycles. The maximum Gasteiger partial charge on any atom is 0.361 e. The van der Waals surface area contributed by atoms with Gasteiger partial charge in [-0.15, -0.1) is 0 Å². The van der Waals surface area contributed by atoms with Gasteiger partial charge in [-0.1, -0.05) is 5.16 Å². The second-order valence-corrected chi connectivity index (χ2v) is 5.74. The summed E-state index contributed by atoms with van der Waals surface area (Å²) in [5, 5.41) is 3.55. The van der Waals surface area contributed by atoms with Crippen molar-refractivity contribution in [3.63, 3.8) is 0 Å². The third-order valence-corrected chi connectivity index (χ3v) is 3.99. The fourth-order valence-electron chi connectivity index (χ4n) is 2.62. The normalized spacial score (nSPS) is 14.5. The molecule has 1 fully saturated rings. The highest BCUT2D eigenvalue weighted by atomic mass is 19.1. The third kappa shape index (κ3) is 4.14. The summed E-state index contributed by atoms with van der Waals surface area (Å²) < 4.78 is 22.7. The first-order valence-electron chi connectivity index (χ1n) is 7.91. The Morgan fingerprint density at radius 1 is 1.20 bits per heavy atom. The van der Waals surface area contributed by atoms with Crippen molar-refractivity contribution in [3.8, 4) is 0 Å². The van der Waals surface area contributed by atoms with Crippen LogP contribution in [0.1, 0.15) is 16.2 Å². The number of carbonyl (C=O) groups is 2. The minimum atomic E-state index is -0.685. The minimum Gasteiger partial charge on any atom is -0.451 e. The number of hydrogen-bond donors (Lipinski definition) is 0. The maximum absolute atomic E-state index is 13.0. The van der Waals surface area contributed by atoms with E-state index in [1.54, 1.807) is 24.0 Å². The van der Waals surface area contributed by atoms with E-state index in [4.69, 9.17) is 9.26 Å². The van der Waals surface area contributed by atoms with Crippen LogP contribution in [-0.4, -0.2) is 54.7 Å². The van der Waals surface area contributed by atoms with Gasteiger partial charge in [0.05, 0.1) is 0 Å². The summed E-state index contributed by atoms with van der Waals surface area (Å²) in [4.78, 5) is 27.6. The van der Waals surface area contributed by atoms with E-state index in [1.807, 2.05) is 0 Å². The van der Waals surface area contributed by atoms with Gasteiger partial charge in [-0.3, -0.25) is 4.79 Å². The lowest BCUT2D eigenvalue weighted by Crippen LogP contribution is -2.49. The number of rotatable bonds is 4. The molecule has 1 amide bonds. The van der Waals surface area contributed by atoms with Crippen LogP contribution in [-0.2, 0) is 9.53 Å². The van der Waals surface area contributed by atoms with Crippen molar-refractivity contribution in [1.29, 1.82) is 0 Å². The van der Waals surface area contributed by atoms with Crippen LogP contribution >= 0.6 is 0 Å². The van der Waals surface area contributed by atoms with Crippen molar-refractivity contribution in [3.05, 3.63) is 47.6 Å². The number of carbonyl (C=O) groups excluding carboxylic acids is 2. The van der Waals surface area contributed by atoms with E-state index in [0.717, 1.165) is 5.69 Å². The van der Waals surface area contributed by atoms with Gasteiger partial charge in [-0.05, 0) is 31.2 Å². The number of esters is 1. The highest BCUT2D eigenvalue weighted by Gasteiger charge is 2.23. The topological polar surface area (TPSA) is 75.9 Å². The summed E-state index contributed by atoms with van der Waals surface area (Å²) in [6.45, 7) is 3.62. The van der Waals surface area contributed by atoms with E-state index in [9.17, 15) is 14.0 Å².